The Morgan fingerprint density at radius 1 is 1.25 bits per heavy atom. The number of anilines is 1. The SMILES string of the molecule is CCN(C(=O)c1cc(S)ccc1F)c1ccccc1C. The molecular weight excluding hydrogens is 273 g/mol. The van der Waals surface area contributed by atoms with Gasteiger partial charge in [0.2, 0.25) is 0 Å². The van der Waals surface area contributed by atoms with Crippen LogP contribution in [0.15, 0.2) is 47.4 Å². The predicted octanol–water partition coefficient (Wildman–Crippen LogP) is 4.09. The van der Waals surface area contributed by atoms with E-state index >= 15 is 0 Å². The smallest absolute Gasteiger partial charge is 0.261 e. The normalized spacial score (nSPS) is 10.4. The van der Waals surface area contributed by atoms with E-state index in [0.29, 0.717) is 11.4 Å². The summed E-state index contributed by atoms with van der Waals surface area (Å²) >= 11 is 4.16. The van der Waals surface area contributed by atoms with Crippen molar-refractivity contribution >= 4 is 24.2 Å². The molecule has 0 bridgehead atoms. The van der Waals surface area contributed by atoms with E-state index in [1.807, 2.05) is 38.1 Å². The minimum absolute atomic E-state index is 0.0441. The summed E-state index contributed by atoms with van der Waals surface area (Å²) in [6.07, 6.45) is 0. The van der Waals surface area contributed by atoms with E-state index in [2.05, 4.69) is 12.6 Å². The zero-order valence-corrected chi connectivity index (χ0v) is 12.3. The van der Waals surface area contributed by atoms with Gasteiger partial charge < -0.3 is 4.90 Å². The average molecular weight is 289 g/mol. The van der Waals surface area contributed by atoms with E-state index < -0.39 is 5.82 Å². The maximum absolute atomic E-state index is 13.9. The molecule has 0 fully saturated rings. The number of thiol groups is 1. The molecule has 20 heavy (non-hydrogen) atoms. The van der Waals surface area contributed by atoms with Gasteiger partial charge in [0.1, 0.15) is 5.82 Å². The topological polar surface area (TPSA) is 20.3 Å². The number of hydrogen-bond donors (Lipinski definition) is 1. The minimum Gasteiger partial charge on any atom is -0.308 e. The van der Waals surface area contributed by atoms with E-state index in [1.165, 1.54) is 18.2 Å². The van der Waals surface area contributed by atoms with E-state index in [9.17, 15) is 9.18 Å². The number of halogens is 1. The molecule has 2 aromatic rings. The summed E-state index contributed by atoms with van der Waals surface area (Å²) in [5, 5.41) is 0. The fourth-order valence-electron chi connectivity index (χ4n) is 2.11. The fourth-order valence-corrected chi connectivity index (χ4v) is 2.32. The lowest BCUT2D eigenvalue weighted by molar-refractivity contribution is 0.0984. The number of carbonyl (C=O) groups excluding carboxylic acids is 1. The third kappa shape index (κ3) is 2.85. The first kappa shape index (κ1) is 14.6. The van der Waals surface area contributed by atoms with Crippen molar-refractivity contribution < 1.29 is 9.18 Å². The summed E-state index contributed by atoms with van der Waals surface area (Å²) in [7, 11) is 0. The van der Waals surface area contributed by atoms with E-state index in [0.717, 1.165) is 11.3 Å². The molecule has 0 aliphatic carbocycles. The van der Waals surface area contributed by atoms with Crippen LogP contribution in [-0.4, -0.2) is 12.5 Å². The molecule has 0 aromatic heterocycles. The summed E-state index contributed by atoms with van der Waals surface area (Å²) in [5.74, 6) is -0.880. The molecule has 2 rings (SSSR count). The van der Waals surface area contributed by atoms with Crippen LogP contribution >= 0.6 is 12.6 Å². The number of para-hydroxylation sites is 1. The highest BCUT2D eigenvalue weighted by molar-refractivity contribution is 7.80. The standard InChI is InChI=1S/C16H16FNOS/c1-3-18(15-7-5-4-6-11(15)2)16(19)13-10-12(20)8-9-14(13)17/h4-10,20H,3H2,1-2H3. The number of hydrogen-bond acceptors (Lipinski definition) is 2. The molecule has 104 valence electrons. The first-order chi connectivity index (χ1) is 9.54. The summed E-state index contributed by atoms with van der Waals surface area (Å²) in [6.45, 7) is 4.27. The third-order valence-corrected chi connectivity index (χ3v) is 3.43. The van der Waals surface area contributed by atoms with Gasteiger partial charge in [-0.15, -0.1) is 12.6 Å². The second-order valence-electron chi connectivity index (χ2n) is 4.50. The number of carbonyl (C=O) groups is 1. The molecule has 0 spiro atoms. The second-order valence-corrected chi connectivity index (χ2v) is 5.02. The van der Waals surface area contributed by atoms with Crippen molar-refractivity contribution in [2.75, 3.05) is 11.4 Å². The first-order valence-corrected chi connectivity index (χ1v) is 6.85. The van der Waals surface area contributed by atoms with Gasteiger partial charge in [-0.05, 0) is 43.7 Å². The Bertz CT molecular complexity index is 642. The van der Waals surface area contributed by atoms with Crippen LogP contribution in [0.5, 0.6) is 0 Å². The van der Waals surface area contributed by atoms with Gasteiger partial charge in [0.05, 0.1) is 5.56 Å². The van der Waals surface area contributed by atoms with Gasteiger partial charge in [0.25, 0.3) is 5.91 Å². The highest BCUT2D eigenvalue weighted by Gasteiger charge is 2.20. The van der Waals surface area contributed by atoms with Crippen molar-refractivity contribution in [1.29, 1.82) is 0 Å². The molecule has 0 radical (unpaired) electrons. The number of benzene rings is 2. The molecule has 0 heterocycles. The Balaban J connectivity index is 2.45. The van der Waals surface area contributed by atoms with Crippen LogP contribution in [0.3, 0.4) is 0 Å². The van der Waals surface area contributed by atoms with E-state index in [1.54, 1.807) is 4.90 Å². The van der Waals surface area contributed by atoms with E-state index in [-0.39, 0.29) is 11.5 Å². The maximum atomic E-state index is 13.9. The number of nitrogens with zero attached hydrogens (tertiary/aromatic N) is 1. The zero-order chi connectivity index (χ0) is 14.7. The lowest BCUT2D eigenvalue weighted by Gasteiger charge is -2.23. The van der Waals surface area contributed by atoms with Crippen LogP contribution in [-0.2, 0) is 0 Å². The van der Waals surface area contributed by atoms with Crippen molar-refractivity contribution in [1.82, 2.24) is 0 Å². The Hall–Kier alpha value is -1.81. The van der Waals surface area contributed by atoms with Crippen molar-refractivity contribution in [3.63, 3.8) is 0 Å². The Morgan fingerprint density at radius 2 is 1.95 bits per heavy atom. The van der Waals surface area contributed by atoms with Crippen molar-refractivity contribution in [3.8, 4) is 0 Å². The van der Waals surface area contributed by atoms with Gasteiger partial charge in [-0.25, -0.2) is 4.39 Å². The molecule has 0 unspecified atom stereocenters. The second kappa shape index (κ2) is 6.09. The maximum Gasteiger partial charge on any atom is 0.261 e. The van der Waals surface area contributed by atoms with Gasteiger partial charge in [-0.2, -0.15) is 0 Å². The van der Waals surface area contributed by atoms with Crippen LogP contribution in [0.1, 0.15) is 22.8 Å². The van der Waals surface area contributed by atoms with Crippen molar-refractivity contribution in [2.24, 2.45) is 0 Å². The first-order valence-electron chi connectivity index (χ1n) is 6.40. The molecule has 0 N–H and O–H groups in total. The fraction of sp³-hybridized carbons (Fsp3) is 0.188. The largest absolute Gasteiger partial charge is 0.308 e. The summed E-state index contributed by atoms with van der Waals surface area (Å²) < 4.78 is 13.9. The molecule has 0 saturated carbocycles. The lowest BCUT2D eigenvalue weighted by Crippen LogP contribution is -2.31. The van der Waals surface area contributed by atoms with Gasteiger partial charge in [0, 0.05) is 17.1 Å². The van der Waals surface area contributed by atoms with E-state index in [4.69, 9.17) is 0 Å². The molecule has 0 aliphatic rings. The van der Waals surface area contributed by atoms with Crippen LogP contribution in [0.25, 0.3) is 0 Å². The molecule has 0 atom stereocenters. The predicted molar refractivity (Wildman–Crippen MR) is 82.2 cm³/mol. The van der Waals surface area contributed by atoms with Crippen LogP contribution in [0.2, 0.25) is 0 Å². The molecular formula is C16H16FNOS. The number of amides is 1. The Kier molecular flexibility index (Phi) is 4.45. The highest BCUT2D eigenvalue weighted by Crippen LogP contribution is 2.23. The quantitative estimate of drug-likeness (QED) is 0.844. The van der Waals surface area contributed by atoms with Gasteiger partial charge in [-0.1, -0.05) is 18.2 Å². The van der Waals surface area contributed by atoms with Gasteiger partial charge in [-0.3, -0.25) is 4.79 Å². The Labute approximate surface area is 123 Å². The van der Waals surface area contributed by atoms with Crippen LogP contribution < -0.4 is 4.90 Å². The van der Waals surface area contributed by atoms with Crippen LogP contribution in [0, 0.1) is 12.7 Å². The highest BCUT2D eigenvalue weighted by atomic mass is 32.1. The molecule has 0 saturated heterocycles. The minimum atomic E-state index is -0.528. The lowest BCUT2D eigenvalue weighted by atomic mass is 10.1. The summed E-state index contributed by atoms with van der Waals surface area (Å²) in [5.41, 5.74) is 1.82. The average Bonchev–Trinajstić information content (AvgIpc) is 2.44. The van der Waals surface area contributed by atoms with Gasteiger partial charge in [0.15, 0.2) is 0 Å². The number of rotatable bonds is 3. The molecule has 0 aliphatic heterocycles. The summed E-state index contributed by atoms with van der Waals surface area (Å²) in [6, 6.07) is 11.8. The zero-order valence-electron chi connectivity index (χ0n) is 11.4. The van der Waals surface area contributed by atoms with Gasteiger partial charge >= 0.3 is 0 Å². The number of aryl methyl sites for hydroxylation is 1. The van der Waals surface area contributed by atoms with Crippen LogP contribution in [0.4, 0.5) is 10.1 Å². The molecule has 1 amide bonds. The molecule has 2 nitrogen and oxygen atoms in total. The van der Waals surface area contributed by atoms with Crippen molar-refractivity contribution in [2.45, 2.75) is 18.7 Å². The molecule has 4 heteroatoms. The third-order valence-electron chi connectivity index (χ3n) is 3.15. The van der Waals surface area contributed by atoms with Crippen molar-refractivity contribution in [3.05, 3.63) is 59.4 Å². The monoisotopic (exact) mass is 289 g/mol. The summed E-state index contributed by atoms with van der Waals surface area (Å²) in [4.78, 5) is 14.7. The molecule has 2 aromatic carbocycles. The Morgan fingerprint density at radius 3 is 2.60 bits per heavy atom.